The average molecular weight is 508 g/mol. The van der Waals surface area contributed by atoms with Crippen LogP contribution in [0.4, 0.5) is 0 Å². The molecular weight excluding hydrogens is 470 g/mol. The highest BCUT2D eigenvalue weighted by atomic mass is 16.5. The zero-order valence-electron chi connectivity index (χ0n) is 22.5. The Balaban J connectivity index is 1.61. The molecule has 1 fully saturated rings. The quantitative estimate of drug-likeness (QED) is 0.497. The van der Waals surface area contributed by atoms with E-state index in [0.717, 1.165) is 36.2 Å². The Bertz CT molecular complexity index is 1180. The van der Waals surface area contributed by atoms with Gasteiger partial charge in [-0.1, -0.05) is 12.1 Å². The Morgan fingerprint density at radius 1 is 1.05 bits per heavy atom. The van der Waals surface area contributed by atoms with E-state index in [-0.39, 0.29) is 30.4 Å². The number of esters is 1. The van der Waals surface area contributed by atoms with Gasteiger partial charge in [-0.25, -0.2) is 5.01 Å². The molecule has 1 saturated heterocycles. The van der Waals surface area contributed by atoms with Crippen molar-refractivity contribution >= 4 is 17.6 Å². The van der Waals surface area contributed by atoms with Gasteiger partial charge in [0.25, 0.3) is 5.91 Å². The summed E-state index contributed by atoms with van der Waals surface area (Å²) in [7, 11) is 3.23. The summed E-state index contributed by atoms with van der Waals surface area (Å²) in [6.07, 6.45) is 2.21. The first-order valence-corrected chi connectivity index (χ1v) is 12.9. The highest BCUT2D eigenvalue weighted by Gasteiger charge is 2.36. The summed E-state index contributed by atoms with van der Waals surface area (Å²) >= 11 is 0. The van der Waals surface area contributed by atoms with Crippen molar-refractivity contribution in [3.63, 3.8) is 0 Å². The van der Waals surface area contributed by atoms with Gasteiger partial charge in [-0.2, -0.15) is 5.10 Å². The van der Waals surface area contributed by atoms with E-state index in [4.69, 9.17) is 19.3 Å². The summed E-state index contributed by atoms with van der Waals surface area (Å²) in [5, 5.41) is 6.45. The van der Waals surface area contributed by atoms with Gasteiger partial charge < -0.3 is 14.2 Å². The maximum atomic E-state index is 13.7. The molecule has 8 heteroatoms. The van der Waals surface area contributed by atoms with Crippen LogP contribution >= 0.6 is 0 Å². The fourth-order valence-corrected chi connectivity index (χ4v) is 5.09. The Labute approximate surface area is 219 Å². The van der Waals surface area contributed by atoms with Crippen LogP contribution in [0.15, 0.2) is 41.5 Å². The van der Waals surface area contributed by atoms with Crippen LogP contribution in [0.5, 0.6) is 11.5 Å². The summed E-state index contributed by atoms with van der Waals surface area (Å²) in [6.45, 7) is 7.81. The molecule has 8 nitrogen and oxygen atoms in total. The summed E-state index contributed by atoms with van der Waals surface area (Å²) in [6, 6.07) is 11.6. The molecule has 2 heterocycles. The molecule has 0 unspecified atom stereocenters. The molecule has 2 aliphatic rings. The monoisotopic (exact) mass is 507 g/mol. The van der Waals surface area contributed by atoms with Crippen LogP contribution in [0.3, 0.4) is 0 Å². The van der Waals surface area contributed by atoms with Gasteiger partial charge in [0.1, 0.15) is 11.5 Å². The number of aryl methyl sites for hydroxylation is 2. The van der Waals surface area contributed by atoms with E-state index in [1.165, 1.54) is 11.1 Å². The van der Waals surface area contributed by atoms with Gasteiger partial charge in [0.2, 0.25) is 0 Å². The summed E-state index contributed by atoms with van der Waals surface area (Å²) in [5.74, 6) is 0.846. The standard InChI is InChI=1S/C29H37N3O5/c1-6-37-29(34)22-8-7-13-31(17-22)18-28(33)32-26(24-12-11-23(35-4)15-27(24)36-5)16-25(30-32)21-10-9-19(2)20(3)14-21/h9-12,14-15,22,26H,6-8,13,16-18H2,1-5H3/t22-,26+/m1/s1. The van der Waals surface area contributed by atoms with Crippen molar-refractivity contribution in [3.8, 4) is 11.5 Å². The van der Waals surface area contributed by atoms with E-state index in [0.29, 0.717) is 31.1 Å². The number of carbonyl (C=O) groups excluding carboxylic acids is 2. The van der Waals surface area contributed by atoms with Crippen molar-refractivity contribution in [2.45, 2.75) is 46.1 Å². The third-order valence-corrected chi connectivity index (χ3v) is 7.29. The first-order chi connectivity index (χ1) is 17.8. The van der Waals surface area contributed by atoms with E-state index < -0.39 is 0 Å². The van der Waals surface area contributed by atoms with Crippen molar-refractivity contribution in [1.82, 2.24) is 9.91 Å². The highest BCUT2D eigenvalue weighted by Crippen LogP contribution is 2.39. The maximum absolute atomic E-state index is 13.7. The molecule has 0 saturated carbocycles. The number of nitrogens with zero attached hydrogens (tertiary/aromatic N) is 3. The fraction of sp³-hybridized carbons (Fsp3) is 0.483. The molecule has 0 bridgehead atoms. The molecule has 0 radical (unpaired) electrons. The van der Waals surface area contributed by atoms with Gasteiger partial charge in [-0.3, -0.25) is 14.5 Å². The molecule has 0 N–H and O–H groups in total. The topological polar surface area (TPSA) is 80.7 Å². The summed E-state index contributed by atoms with van der Waals surface area (Å²) < 4.78 is 16.3. The minimum absolute atomic E-state index is 0.105. The summed E-state index contributed by atoms with van der Waals surface area (Å²) in [5.41, 5.74) is 5.15. The second kappa shape index (κ2) is 11.8. The molecule has 0 spiro atoms. The summed E-state index contributed by atoms with van der Waals surface area (Å²) in [4.78, 5) is 28.1. The van der Waals surface area contributed by atoms with Gasteiger partial charge >= 0.3 is 5.97 Å². The van der Waals surface area contributed by atoms with Crippen molar-refractivity contribution in [1.29, 1.82) is 0 Å². The Morgan fingerprint density at radius 3 is 2.57 bits per heavy atom. The number of rotatable bonds is 8. The largest absolute Gasteiger partial charge is 0.497 e. The van der Waals surface area contributed by atoms with Crippen molar-refractivity contribution in [3.05, 3.63) is 58.7 Å². The molecule has 37 heavy (non-hydrogen) atoms. The number of carbonyl (C=O) groups is 2. The van der Waals surface area contributed by atoms with Crippen LogP contribution in [-0.2, 0) is 14.3 Å². The Hall–Kier alpha value is -3.39. The van der Waals surface area contributed by atoms with Crippen LogP contribution in [-0.4, -0.2) is 68.0 Å². The van der Waals surface area contributed by atoms with Crippen LogP contribution in [0, 0.1) is 19.8 Å². The van der Waals surface area contributed by atoms with Crippen molar-refractivity contribution < 1.29 is 23.8 Å². The maximum Gasteiger partial charge on any atom is 0.310 e. The number of likely N-dealkylation sites (tertiary alicyclic amines) is 1. The number of benzene rings is 2. The van der Waals surface area contributed by atoms with Gasteiger partial charge in [-0.05, 0) is 75.0 Å². The first-order valence-electron chi connectivity index (χ1n) is 12.9. The highest BCUT2D eigenvalue weighted by molar-refractivity contribution is 6.03. The number of amides is 1. The van der Waals surface area contributed by atoms with Crippen LogP contribution < -0.4 is 9.47 Å². The minimum Gasteiger partial charge on any atom is -0.497 e. The lowest BCUT2D eigenvalue weighted by Gasteiger charge is -2.32. The molecule has 198 valence electrons. The number of hydrogen-bond acceptors (Lipinski definition) is 7. The number of methoxy groups -OCH3 is 2. The van der Waals surface area contributed by atoms with E-state index in [1.807, 2.05) is 30.0 Å². The fourth-order valence-electron chi connectivity index (χ4n) is 5.09. The molecule has 0 aliphatic carbocycles. The molecule has 2 atom stereocenters. The lowest BCUT2D eigenvalue weighted by atomic mass is 9.95. The number of hydrogen-bond donors (Lipinski definition) is 0. The Morgan fingerprint density at radius 2 is 1.86 bits per heavy atom. The predicted octanol–water partition coefficient (Wildman–Crippen LogP) is 4.27. The van der Waals surface area contributed by atoms with Gasteiger partial charge in [0.15, 0.2) is 0 Å². The normalized spacial score (nSPS) is 19.9. The van der Waals surface area contributed by atoms with Crippen LogP contribution in [0.1, 0.15) is 54.5 Å². The molecule has 2 aliphatic heterocycles. The van der Waals surface area contributed by atoms with Gasteiger partial charge in [-0.15, -0.1) is 0 Å². The minimum atomic E-state index is -0.310. The SMILES string of the molecule is CCOC(=O)[C@@H]1CCCN(CC(=O)N2N=C(c3ccc(C)c(C)c3)C[C@H]2c2ccc(OC)cc2OC)C1. The van der Waals surface area contributed by atoms with Crippen LogP contribution in [0.25, 0.3) is 0 Å². The van der Waals surface area contributed by atoms with E-state index in [9.17, 15) is 9.59 Å². The molecule has 4 rings (SSSR count). The van der Waals surface area contributed by atoms with Gasteiger partial charge in [0.05, 0.1) is 45.0 Å². The number of hydrazone groups is 1. The van der Waals surface area contributed by atoms with E-state index in [1.54, 1.807) is 19.2 Å². The zero-order chi connectivity index (χ0) is 26.5. The number of piperidine rings is 1. The molecule has 2 aromatic rings. The van der Waals surface area contributed by atoms with Gasteiger partial charge in [0, 0.05) is 24.6 Å². The van der Waals surface area contributed by atoms with E-state index >= 15 is 0 Å². The molecule has 1 amide bonds. The lowest BCUT2D eigenvalue weighted by molar-refractivity contribution is -0.150. The lowest BCUT2D eigenvalue weighted by Crippen LogP contribution is -2.44. The first kappa shape index (κ1) is 26.7. The average Bonchev–Trinajstić information content (AvgIpc) is 3.35. The molecular formula is C29H37N3O5. The van der Waals surface area contributed by atoms with Crippen molar-refractivity contribution in [2.24, 2.45) is 11.0 Å². The third-order valence-electron chi connectivity index (χ3n) is 7.29. The molecule has 2 aromatic carbocycles. The zero-order valence-corrected chi connectivity index (χ0v) is 22.5. The smallest absolute Gasteiger partial charge is 0.310 e. The van der Waals surface area contributed by atoms with E-state index in [2.05, 4.69) is 32.0 Å². The number of ether oxygens (including phenoxy) is 3. The van der Waals surface area contributed by atoms with Crippen molar-refractivity contribution in [2.75, 3.05) is 40.5 Å². The second-order valence-corrected chi connectivity index (χ2v) is 9.74. The predicted molar refractivity (Wildman–Crippen MR) is 142 cm³/mol. The second-order valence-electron chi connectivity index (χ2n) is 9.74. The Kier molecular flexibility index (Phi) is 8.48. The molecule has 0 aromatic heterocycles. The van der Waals surface area contributed by atoms with Crippen LogP contribution in [0.2, 0.25) is 0 Å². The third kappa shape index (κ3) is 5.96.